The number of carbonyl (C=O) groups is 1. The second-order valence-corrected chi connectivity index (χ2v) is 7.85. The normalized spacial score (nSPS) is 12.7. The number of nitrogens with one attached hydrogen (secondary N) is 1. The first-order valence-corrected chi connectivity index (χ1v) is 10.3. The van der Waals surface area contributed by atoms with Gasteiger partial charge in [-0.15, -0.1) is 0 Å². The topological polar surface area (TPSA) is 45.8 Å². The lowest BCUT2D eigenvalue weighted by atomic mass is 9.97. The van der Waals surface area contributed by atoms with Crippen LogP contribution in [0.5, 0.6) is 0 Å². The fraction of sp³-hybridized carbons (Fsp3) is 0.154. The summed E-state index contributed by atoms with van der Waals surface area (Å²) in [5, 5.41) is 0. The molecule has 0 fully saturated rings. The average Bonchev–Trinajstić information content (AvgIpc) is 3.14. The maximum atomic E-state index is 14.0. The third-order valence-corrected chi connectivity index (χ3v) is 5.87. The number of aromatic amines is 1. The van der Waals surface area contributed by atoms with Crippen LogP contribution in [0.4, 0.5) is 8.78 Å². The van der Waals surface area contributed by atoms with Crippen LogP contribution in [0.15, 0.2) is 67.0 Å². The molecule has 0 atom stereocenters. The molecule has 1 aliphatic carbocycles. The number of H-pyrrole nitrogens is 1. The molecule has 2 aromatic heterocycles. The Balaban J connectivity index is 1.53. The first-order valence-electron chi connectivity index (χ1n) is 10.3. The van der Waals surface area contributed by atoms with Gasteiger partial charge in [-0.1, -0.05) is 24.3 Å². The summed E-state index contributed by atoms with van der Waals surface area (Å²) in [7, 11) is 0. The molecule has 4 aromatic rings. The number of Topliss-reactive ketones (excluding diaryl/α,β-unsaturated/α-hetero) is 1. The van der Waals surface area contributed by atoms with Crippen LogP contribution in [0.3, 0.4) is 0 Å². The highest BCUT2D eigenvalue weighted by molar-refractivity contribution is 5.97. The van der Waals surface area contributed by atoms with Crippen molar-refractivity contribution in [1.82, 2.24) is 9.97 Å². The van der Waals surface area contributed by atoms with E-state index in [2.05, 4.69) is 28.2 Å². The van der Waals surface area contributed by atoms with Gasteiger partial charge in [0.2, 0.25) is 0 Å². The SMILES string of the molecule is O=C(Cc1c(F)cccc1F)c1cc2c([nH]1)-c1cc(-c3cccnc3)ccc1CCC2. The van der Waals surface area contributed by atoms with Gasteiger partial charge in [-0.2, -0.15) is 0 Å². The van der Waals surface area contributed by atoms with E-state index in [0.29, 0.717) is 5.69 Å². The lowest BCUT2D eigenvalue weighted by Gasteiger charge is -2.10. The van der Waals surface area contributed by atoms with Crippen LogP contribution >= 0.6 is 0 Å². The second kappa shape index (κ2) is 7.91. The molecule has 0 saturated carbocycles. The Morgan fingerprint density at radius 2 is 1.74 bits per heavy atom. The summed E-state index contributed by atoms with van der Waals surface area (Å²) in [6.07, 6.45) is 6.01. The van der Waals surface area contributed by atoms with Crippen LogP contribution in [0.2, 0.25) is 0 Å². The zero-order valence-electron chi connectivity index (χ0n) is 16.8. The van der Waals surface area contributed by atoms with Gasteiger partial charge in [0.05, 0.1) is 5.69 Å². The molecule has 1 N–H and O–H groups in total. The van der Waals surface area contributed by atoms with Gasteiger partial charge in [0.25, 0.3) is 0 Å². The minimum Gasteiger partial charge on any atom is -0.352 e. The summed E-state index contributed by atoms with van der Waals surface area (Å²) in [6.45, 7) is 0. The van der Waals surface area contributed by atoms with Gasteiger partial charge < -0.3 is 4.98 Å². The van der Waals surface area contributed by atoms with Crippen molar-refractivity contribution >= 4 is 5.78 Å². The van der Waals surface area contributed by atoms with Crippen LogP contribution in [-0.2, 0) is 19.3 Å². The highest BCUT2D eigenvalue weighted by atomic mass is 19.1. The third kappa shape index (κ3) is 3.67. The molecule has 5 heteroatoms. The minimum absolute atomic E-state index is 0.198. The summed E-state index contributed by atoms with van der Waals surface area (Å²) in [4.78, 5) is 20.3. The molecule has 2 aromatic carbocycles. The van der Waals surface area contributed by atoms with Crippen molar-refractivity contribution in [2.45, 2.75) is 25.7 Å². The van der Waals surface area contributed by atoms with E-state index in [1.807, 2.05) is 24.4 Å². The number of pyridine rings is 1. The Morgan fingerprint density at radius 3 is 2.52 bits per heavy atom. The van der Waals surface area contributed by atoms with Crippen molar-refractivity contribution in [3.8, 4) is 22.4 Å². The summed E-state index contributed by atoms with van der Waals surface area (Å²) in [5.74, 6) is -1.73. The standard InChI is InChI=1S/C26H20F2N2O/c27-22-7-2-8-23(28)21(22)14-25(31)24-13-18-5-1-4-16-9-10-17(12-20(16)26(18)30-24)19-6-3-11-29-15-19/h2-3,6-13,15,30H,1,4-5,14H2. The zero-order valence-corrected chi connectivity index (χ0v) is 16.8. The molecular formula is C26H20F2N2O. The van der Waals surface area contributed by atoms with Crippen molar-refractivity contribution < 1.29 is 13.6 Å². The molecule has 31 heavy (non-hydrogen) atoms. The van der Waals surface area contributed by atoms with Crippen molar-refractivity contribution in [2.24, 2.45) is 0 Å². The Bertz CT molecular complexity index is 1260. The molecule has 0 saturated heterocycles. The van der Waals surface area contributed by atoms with E-state index < -0.39 is 11.6 Å². The first-order chi connectivity index (χ1) is 15.1. The Hall–Kier alpha value is -3.60. The molecule has 0 unspecified atom stereocenters. The van der Waals surface area contributed by atoms with E-state index >= 15 is 0 Å². The quantitative estimate of drug-likeness (QED) is 0.420. The van der Waals surface area contributed by atoms with Crippen molar-refractivity contribution in [1.29, 1.82) is 0 Å². The molecule has 1 aliphatic rings. The van der Waals surface area contributed by atoms with Gasteiger partial charge in [-0.25, -0.2) is 8.78 Å². The van der Waals surface area contributed by atoms with Gasteiger partial charge in [0.1, 0.15) is 11.6 Å². The summed E-state index contributed by atoms with van der Waals surface area (Å²) >= 11 is 0. The first kappa shape index (κ1) is 19.4. The Labute approximate surface area is 178 Å². The highest BCUT2D eigenvalue weighted by Crippen LogP contribution is 2.35. The Morgan fingerprint density at radius 1 is 0.935 bits per heavy atom. The molecular weight excluding hydrogens is 394 g/mol. The molecule has 0 bridgehead atoms. The van der Waals surface area contributed by atoms with Gasteiger partial charge >= 0.3 is 0 Å². The number of nitrogens with zero attached hydrogens (tertiary/aromatic N) is 1. The molecule has 2 heterocycles. The number of carbonyl (C=O) groups excluding carboxylic acids is 1. The number of aromatic nitrogens is 2. The summed E-state index contributed by atoms with van der Waals surface area (Å²) in [6, 6.07) is 15.7. The smallest absolute Gasteiger partial charge is 0.183 e. The lowest BCUT2D eigenvalue weighted by molar-refractivity contribution is 0.0986. The van der Waals surface area contributed by atoms with E-state index in [0.717, 1.165) is 47.2 Å². The number of hydrogen-bond acceptors (Lipinski definition) is 2. The maximum Gasteiger partial charge on any atom is 0.183 e. The number of rotatable bonds is 4. The van der Waals surface area contributed by atoms with Crippen molar-refractivity contribution in [3.63, 3.8) is 0 Å². The number of aryl methyl sites for hydroxylation is 2. The van der Waals surface area contributed by atoms with Crippen LogP contribution in [0.25, 0.3) is 22.4 Å². The molecule has 0 amide bonds. The molecule has 5 rings (SSSR count). The summed E-state index contributed by atoms with van der Waals surface area (Å²) in [5.41, 5.74) is 6.50. The molecule has 154 valence electrons. The maximum absolute atomic E-state index is 14.0. The third-order valence-electron chi connectivity index (χ3n) is 5.87. The van der Waals surface area contributed by atoms with E-state index in [9.17, 15) is 13.6 Å². The van der Waals surface area contributed by atoms with E-state index in [-0.39, 0.29) is 17.8 Å². The largest absolute Gasteiger partial charge is 0.352 e. The van der Waals surface area contributed by atoms with E-state index in [1.54, 1.807) is 6.20 Å². The van der Waals surface area contributed by atoms with Gasteiger partial charge in [-0.3, -0.25) is 9.78 Å². The molecule has 0 aliphatic heterocycles. The van der Waals surface area contributed by atoms with Crippen molar-refractivity contribution in [2.75, 3.05) is 0 Å². The fourth-order valence-electron chi connectivity index (χ4n) is 4.25. The van der Waals surface area contributed by atoms with Crippen LogP contribution < -0.4 is 0 Å². The number of hydrogen-bond donors (Lipinski definition) is 1. The minimum atomic E-state index is -0.701. The molecule has 0 spiro atoms. The van der Waals surface area contributed by atoms with Gasteiger partial charge in [-0.05, 0) is 66.3 Å². The second-order valence-electron chi connectivity index (χ2n) is 7.85. The molecule has 0 radical (unpaired) electrons. The zero-order chi connectivity index (χ0) is 21.4. The van der Waals surface area contributed by atoms with E-state index in [4.69, 9.17) is 0 Å². The Kier molecular flexibility index (Phi) is 4.94. The predicted octanol–water partition coefficient (Wildman–Crippen LogP) is 5.94. The number of fused-ring (bicyclic) bond motifs is 3. The van der Waals surface area contributed by atoms with E-state index in [1.165, 1.54) is 23.8 Å². The summed E-state index contributed by atoms with van der Waals surface area (Å²) < 4.78 is 28.0. The van der Waals surface area contributed by atoms with Crippen LogP contribution in [0, 0.1) is 11.6 Å². The number of halogens is 2. The highest BCUT2D eigenvalue weighted by Gasteiger charge is 2.22. The predicted molar refractivity (Wildman–Crippen MR) is 116 cm³/mol. The van der Waals surface area contributed by atoms with Gasteiger partial charge in [0.15, 0.2) is 5.78 Å². The van der Waals surface area contributed by atoms with Crippen LogP contribution in [-0.4, -0.2) is 15.8 Å². The fourth-order valence-corrected chi connectivity index (χ4v) is 4.25. The average molecular weight is 414 g/mol. The van der Waals surface area contributed by atoms with Crippen molar-refractivity contribution in [3.05, 3.63) is 101 Å². The molecule has 3 nitrogen and oxygen atoms in total. The van der Waals surface area contributed by atoms with Crippen LogP contribution in [0.1, 0.15) is 33.6 Å². The van der Waals surface area contributed by atoms with Gasteiger partial charge in [0, 0.05) is 41.2 Å². The lowest BCUT2D eigenvalue weighted by Crippen LogP contribution is -2.08. The number of ketones is 1. The number of benzene rings is 2. The monoisotopic (exact) mass is 414 g/mol.